The number of rotatable bonds is 3. The number of hydrogen-bond acceptors (Lipinski definition) is 4. The van der Waals surface area contributed by atoms with Gasteiger partial charge >= 0.3 is 0 Å². The highest BCUT2D eigenvalue weighted by Gasteiger charge is 2.31. The molecular weight excluding hydrogens is 254 g/mol. The maximum absolute atomic E-state index is 11.6. The van der Waals surface area contributed by atoms with Crippen LogP contribution >= 0.6 is 0 Å². The van der Waals surface area contributed by atoms with Crippen LogP contribution in [0.3, 0.4) is 0 Å². The molecule has 0 saturated carbocycles. The second kappa shape index (κ2) is 5.91. The Morgan fingerprint density at radius 3 is 3.15 bits per heavy atom. The molecule has 1 fully saturated rings. The van der Waals surface area contributed by atoms with E-state index in [0.717, 1.165) is 32.7 Å². The normalized spacial score (nSPS) is 27.0. The van der Waals surface area contributed by atoms with Crippen molar-refractivity contribution in [2.24, 2.45) is 5.73 Å². The number of nitrogens with zero attached hydrogens (tertiary/aromatic N) is 1. The topological polar surface area (TPSA) is 67.6 Å². The maximum atomic E-state index is 11.6. The molecule has 0 aliphatic carbocycles. The van der Waals surface area contributed by atoms with Gasteiger partial charge in [-0.2, -0.15) is 0 Å². The van der Waals surface area contributed by atoms with Crippen LogP contribution in [0.4, 0.5) is 0 Å². The lowest BCUT2D eigenvalue weighted by molar-refractivity contribution is -0.124. The SMILES string of the molecule is NC(=O)C1CNCCN1CC1OCCc2ccccc21. The molecule has 3 rings (SSSR count). The van der Waals surface area contributed by atoms with Crippen LogP contribution < -0.4 is 11.1 Å². The van der Waals surface area contributed by atoms with Crippen LogP contribution in [0.2, 0.25) is 0 Å². The molecule has 1 amide bonds. The summed E-state index contributed by atoms with van der Waals surface area (Å²) in [6, 6.07) is 8.16. The molecule has 1 aromatic rings. The zero-order chi connectivity index (χ0) is 13.9. The molecule has 0 spiro atoms. The number of piperazine rings is 1. The second-order valence-corrected chi connectivity index (χ2v) is 5.43. The summed E-state index contributed by atoms with van der Waals surface area (Å²) in [4.78, 5) is 13.7. The molecule has 0 radical (unpaired) electrons. The van der Waals surface area contributed by atoms with Crippen molar-refractivity contribution >= 4 is 5.91 Å². The van der Waals surface area contributed by atoms with E-state index in [-0.39, 0.29) is 18.1 Å². The molecule has 5 heteroatoms. The Hall–Kier alpha value is -1.43. The number of benzene rings is 1. The van der Waals surface area contributed by atoms with Gasteiger partial charge in [0.25, 0.3) is 0 Å². The maximum Gasteiger partial charge on any atom is 0.236 e. The zero-order valence-corrected chi connectivity index (χ0v) is 11.5. The van der Waals surface area contributed by atoms with E-state index in [4.69, 9.17) is 10.5 Å². The van der Waals surface area contributed by atoms with Gasteiger partial charge in [-0.3, -0.25) is 9.69 Å². The number of amides is 1. The van der Waals surface area contributed by atoms with Crippen LogP contribution in [0, 0.1) is 0 Å². The summed E-state index contributed by atoms with van der Waals surface area (Å²) in [5, 5.41) is 3.22. The first kappa shape index (κ1) is 13.5. The molecule has 2 unspecified atom stereocenters. The number of carbonyl (C=O) groups is 1. The van der Waals surface area contributed by atoms with Crippen molar-refractivity contribution in [3.8, 4) is 0 Å². The summed E-state index contributed by atoms with van der Waals surface area (Å²) in [5.41, 5.74) is 8.10. The van der Waals surface area contributed by atoms with Gasteiger partial charge in [0.15, 0.2) is 0 Å². The van der Waals surface area contributed by atoms with E-state index in [1.165, 1.54) is 11.1 Å². The molecule has 1 aromatic carbocycles. The Balaban J connectivity index is 1.76. The number of carbonyl (C=O) groups excluding carboxylic acids is 1. The summed E-state index contributed by atoms with van der Waals surface area (Å²) in [7, 11) is 0. The number of fused-ring (bicyclic) bond motifs is 1. The van der Waals surface area contributed by atoms with E-state index in [1.807, 2.05) is 6.07 Å². The highest BCUT2D eigenvalue weighted by atomic mass is 16.5. The smallest absolute Gasteiger partial charge is 0.236 e. The molecule has 2 aliphatic heterocycles. The summed E-state index contributed by atoms with van der Waals surface area (Å²) in [6.07, 6.45) is 1.01. The predicted molar refractivity (Wildman–Crippen MR) is 76.3 cm³/mol. The van der Waals surface area contributed by atoms with E-state index in [1.54, 1.807) is 0 Å². The van der Waals surface area contributed by atoms with Gasteiger partial charge in [-0.05, 0) is 17.5 Å². The fraction of sp³-hybridized carbons (Fsp3) is 0.533. The molecule has 0 bridgehead atoms. The average molecular weight is 275 g/mol. The highest BCUT2D eigenvalue weighted by Crippen LogP contribution is 2.28. The summed E-state index contributed by atoms with van der Waals surface area (Å²) in [6.45, 7) is 3.82. The average Bonchev–Trinajstić information content (AvgIpc) is 2.48. The molecular formula is C15H21N3O2. The monoisotopic (exact) mass is 275 g/mol. The summed E-state index contributed by atoms with van der Waals surface area (Å²) >= 11 is 0. The van der Waals surface area contributed by atoms with E-state index < -0.39 is 0 Å². The van der Waals surface area contributed by atoms with Crippen LogP contribution in [0.25, 0.3) is 0 Å². The molecule has 2 aliphatic rings. The van der Waals surface area contributed by atoms with Crippen LogP contribution in [-0.2, 0) is 16.0 Å². The highest BCUT2D eigenvalue weighted by molar-refractivity contribution is 5.80. The lowest BCUT2D eigenvalue weighted by atomic mass is 9.96. The first-order chi connectivity index (χ1) is 9.75. The van der Waals surface area contributed by atoms with Gasteiger partial charge in [-0.15, -0.1) is 0 Å². The van der Waals surface area contributed by atoms with Crippen LogP contribution in [0.15, 0.2) is 24.3 Å². The molecule has 0 aromatic heterocycles. The predicted octanol–water partition coefficient (Wildman–Crippen LogP) is 0.0595. The summed E-state index contributed by atoms with van der Waals surface area (Å²) < 4.78 is 5.92. The fourth-order valence-corrected chi connectivity index (χ4v) is 3.09. The molecule has 2 heterocycles. The van der Waals surface area contributed by atoms with Crippen molar-refractivity contribution in [1.82, 2.24) is 10.2 Å². The Kier molecular flexibility index (Phi) is 4.00. The number of nitrogens with two attached hydrogens (primary N) is 1. The number of primary amides is 1. The third-order valence-electron chi connectivity index (χ3n) is 4.18. The number of hydrogen-bond donors (Lipinski definition) is 2. The van der Waals surface area contributed by atoms with E-state index in [0.29, 0.717) is 6.54 Å². The third-order valence-corrected chi connectivity index (χ3v) is 4.18. The van der Waals surface area contributed by atoms with Crippen molar-refractivity contribution in [3.63, 3.8) is 0 Å². The van der Waals surface area contributed by atoms with Gasteiger partial charge in [0.2, 0.25) is 5.91 Å². The second-order valence-electron chi connectivity index (χ2n) is 5.43. The van der Waals surface area contributed by atoms with Crippen LogP contribution in [0.1, 0.15) is 17.2 Å². The van der Waals surface area contributed by atoms with Gasteiger partial charge in [0.05, 0.1) is 12.7 Å². The fourth-order valence-electron chi connectivity index (χ4n) is 3.09. The number of nitrogens with one attached hydrogen (secondary N) is 1. The van der Waals surface area contributed by atoms with Crippen molar-refractivity contribution in [2.45, 2.75) is 18.6 Å². The quantitative estimate of drug-likeness (QED) is 0.818. The lowest BCUT2D eigenvalue weighted by Gasteiger charge is -2.37. The van der Waals surface area contributed by atoms with Crippen molar-refractivity contribution < 1.29 is 9.53 Å². The standard InChI is InChI=1S/C15H21N3O2/c16-15(19)13-9-17-6-7-18(13)10-14-12-4-2-1-3-11(12)5-8-20-14/h1-4,13-14,17H,5-10H2,(H2,16,19). The zero-order valence-electron chi connectivity index (χ0n) is 11.5. The molecule has 108 valence electrons. The largest absolute Gasteiger partial charge is 0.372 e. The number of ether oxygens (including phenoxy) is 1. The minimum atomic E-state index is -0.263. The van der Waals surface area contributed by atoms with E-state index in [2.05, 4.69) is 28.4 Å². The minimum absolute atomic E-state index is 0.0416. The molecule has 1 saturated heterocycles. The van der Waals surface area contributed by atoms with Gasteiger partial charge in [-0.25, -0.2) is 0 Å². The van der Waals surface area contributed by atoms with Crippen LogP contribution in [0.5, 0.6) is 0 Å². The Bertz CT molecular complexity index is 492. The van der Waals surface area contributed by atoms with E-state index in [9.17, 15) is 4.79 Å². The lowest BCUT2D eigenvalue weighted by Crippen LogP contribution is -2.57. The van der Waals surface area contributed by atoms with Crippen molar-refractivity contribution in [2.75, 3.05) is 32.8 Å². The molecule has 20 heavy (non-hydrogen) atoms. The first-order valence-electron chi connectivity index (χ1n) is 7.19. The van der Waals surface area contributed by atoms with Gasteiger partial charge in [0.1, 0.15) is 6.04 Å². The Morgan fingerprint density at radius 1 is 1.45 bits per heavy atom. The Labute approximate surface area is 119 Å². The summed E-state index contributed by atoms with van der Waals surface area (Å²) in [5.74, 6) is -0.263. The van der Waals surface area contributed by atoms with Gasteiger partial charge < -0.3 is 15.8 Å². The molecule has 2 atom stereocenters. The first-order valence-corrected chi connectivity index (χ1v) is 7.19. The Morgan fingerprint density at radius 2 is 2.30 bits per heavy atom. The van der Waals surface area contributed by atoms with Crippen LogP contribution in [-0.4, -0.2) is 49.6 Å². The van der Waals surface area contributed by atoms with E-state index >= 15 is 0 Å². The van der Waals surface area contributed by atoms with Crippen molar-refractivity contribution in [1.29, 1.82) is 0 Å². The minimum Gasteiger partial charge on any atom is -0.372 e. The third kappa shape index (κ3) is 2.70. The van der Waals surface area contributed by atoms with Gasteiger partial charge in [-0.1, -0.05) is 24.3 Å². The van der Waals surface area contributed by atoms with Crippen molar-refractivity contribution in [3.05, 3.63) is 35.4 Å². The molecule has 3 N–H and O–H groups in total. The van der Waals surface area contributed by atoms with Gasteiger partial charge in [0, 0.05) is 26.2 Å². The molecule has 5 nitrogen and oxygen atoms in total.